The number of benzene rings is 1. The van der Waals surface area contributed by atoms with Gasteiger partial charge in [-0.1, -0.05) is 0 Å². The normalized spacial score (nSPS) is 10.2. The lowest BCUT2D eigenvalue weighted by atomic mass is 10.1. The summed E-state index contributed by atoms with van der Waals surface area (Å²) in [5.41, 5.74) is 3.77. The van der Waals surface area contributed by atoms with Crippen molar-refractivity contribution in [3.05, 3.63) is 35.5 Å². The zero-order valence-corrected chi connectivity index (χ0v) is 12.5. The monoisotopic (exact) mass is 273 g/mol. The lowest BCUT2D eigenvalue weighted by Gasteiger charge is -2.15. The van der Waals surface area contributed by atoms with Crippen LogP contribution in [0.3, 0.4) is 0 Å². The Hall–Kier alpha value is -2.23. The molecule has 4 nitrogen and oxygen atoms in total. The van der Waals surface area contributed by atoms with Crippen LogP contribution >= 0.6 is 0 Å². The molecule has 0 radical (unpaired) electrons. The maximum Gasteiger partial charge on any atom is 0.135 e. The number of hydrogen-bond donors (Lipinski definition) is 0. The van der Waals surface area contributed by atoms with Gasteiger partial charge in [-0.2, -0.15) is 0 Å². The molecule has 1 heterocycles. The number of methoxy groups -OCH3 is 3. The highest BCUT2D eigenvalue weighted by Crippen LogP contribution is 2.41. The van der Waals surface area contributed by atoms with Crippen LogP contribution in [0.1, 0.15) is 11.3 Å². The van der Waals surface area contributed by atoms with Crippen molar-refractivity contribution < 1.29 is 14.2 Å². The molecule has 0 bridgehead atoms. The number of pyridine rings is 1. The molecule has 0 spiro atoms. The molecular formula is C16H19NO3. The van der Waals surface area contributed by atoms with Gasteiger partial charge in [-0.3, -0.25) is 4.98 Å². The zero-order valence-electron chi connectivity index (χ0n) is 12.5. The van der Waals surface area contributed by atoms with Crippen molar-refractivity contribution >= 4 is 0 Å². The summed E-state index contributed by atoms with van der Waals surface area (Å²) < 4.78 is 16.2. The lowest BCUT2D eigenvalue weighted by Crippen LogP contribution is -1.97. The second-order valence-electron chi connectivity index (χ2n) is 4.58. The molecule has 0 N–H and O–H groups in total. The Morgan fingerprint density at radius 1 is 0.800 bits per heavy atom. The average Bonchev–Trinajstić information content (AvgIpc) is 2.44. The summed E-state index contributed by atoms with van der Waals surface area (Å²) in [5, 5.41) is 0. The molecule has 0 saturated carbocycles. The van der Waals surface area contributed by atoms with Crippen LogP contribution in [0.5, 0.6) is 17.2 Å². The lowest BCUT2D eigenvalue weighted by molar-refractivity contribution is 0.377. The van der Waals surface area contributed by atoms with Crippen LogP contribution in [-0.2, 0) is 0 Å². The Kier molecular flexibility index (Phi) is 4.13. The van der Waals surface area contributed by atoms with Crippen molar-refractivity contribution in [2.45, 2.75) is 13.8 Å². The van der Waals surface area contributed by atoms with E-state index in [4.69, 9.17) is 14.2 Å². The molecule has 2 aromatic rings. The number of aryl methyl sites for hydroxylation is 2. The van der Waals surface area contributed by atoms with Crippen molar-refractivity contribution in [3.63, 3.8) is 0 Å². The quantitative estimate of drug-likeness (QED) is 0.856. The smallest absolute Gasteiger partial charge is 0.135 e. The predicted molar refractivity (Wildman–Crippen MR) is 78.8 cm³/mol. The zero-order chi connectivity index (χ0) is 14.7. The van der Waals surface area contributed by atoms with Crippen LogP contribution < -0.4 is 14.2 Å². The van der Waals surface area contributed by atoms with Gasteiger partial charge >= 0.3 is 0 Å². The fourth-order valence-corrected chi connectivity index (χ4v) is 2.23. The van der Waals surface area contributed by atoms with Gasteiger partial charge in [0.05, 0.1) is 32.6 Å². The number of aromatic nitrogens is 1. The second-order valence-corrected chi connectivity index (χ2v) is 4.58. The maximum atomic E-state index is 5.46. The molecule has 2 rings (SSSR count). The van der Waals surface area contributed by atoms with E-state index in [1.807, 2.05) is 38.1 Å². The van der Waals surface area contributed by atoms with Gasteiger partial charge in [0.2, 0.25) is 0 Å². The Bertz CT molecular complexity index is 578. The van der Waals surface area contributed by atoms with Gasteiger partial charge in [0.15, 0.2) is 0 Å². The highest BCUT2D eigenvalue weighted by molar-refractivity contribution is 5.76. The van der Waals surface area contributed by atoms with E-state index in [1.54, 1.807) is 21.3 Å². The number of ether oxygens (including phenoxy) is 3. The van der Waals surface area contributed by atoms with Crippen LogP contribution in [0.25, 0.3) is 11.3 Å². The fraction of sp³-hybridized carbons (Fsp3) is 0.312. The topological polar surface area (TPSA) is 40.6 Å². The highest BCUT2D eigenvalue weighted by atomic mass is 16.5. The minimum absolute atomic E-state index is 0.679. The van der Waals surface area contributed by atoms with Gasteiger partial charge in [0.25, 0.3) is 0 Å². The summed E-state index contributed by atoms with van der Waals surface area (Å²) in [7, 11) is 4.86. The van der Waals surface area contributed by atoms with E-state index in [-0.39, 0.29) is 0 Å². The molecule has 1 aromatic heterocycles. The Morgan fingerprint density at radius 3 is 1.85 bits per heavy atom. The van der Waals surface area contributed by atoms with E-state index in [0.717, 1.165) is 22.5 Å². The Morgan fingerprint density at radius 2 is 1.40 bits per heavy atom. The Balaban J connectivity index is 2.70. The maximum absolute atomic E-state index is 5.46. The summed E-state index contributed by atoms with van der Waals surface area (Å²) in [6, 6.07) is 7.71. The number of rotatable bonds is 4. The van der Waals surface area contributed by atoms with Crippen molar-refractivity contribution in [1.82, 2.24) is 4.98 Å². The molecule has 1 aromatic carbocycles. The first-order valence-electron chi connectivity index (χ1n) is 6.34. The van der Waals surface area contributed by atoms with Crippen LogP contribution in [0.2, 0.25) is 0 Å². The molecule has 0 amide bonds. The summed E-state index contributed by atoms with van der Waals surface area (Å²) in [6.45, 7) is 4.01. The minimum Gasteiger partial charge on any atom is -0.496 e. The average molecular weight is 273 g/mol. The van der Waals surface area contributed by atoms with Gasteiger partial charge in [-0.25, -0.2) is 0 Å². The highest BCUT2D eigenvalue weighted by Gasteiger charge is 2.16. The van der Waals surface area contributed by atoms with Gasteiger partial charge < -0.3 is 14.2 Å². The predicted octanol–water partition coefficient (Wildman–Crippen LogP) is 3.39. The molecule has 20 heavy (non-hydrogen) atoms. The first kappa shape index (κ1) is 14.2. The molecule has 0 saturated heterocycles. The van der Waals surface area contributed by atoms with Crippen molar-refractivity contribution in [3.8, 4) is 28.5 Å². The molecule has 106 valence electrons. The molecule has 4 heteroatoms. The van der Waals surface area contributed by atoms with Gasteiger partial charge in [-0.15, -0.1) is 0 Å². The Labute approximate surface area is 119 Å². The van der Waals surface area contributed by atoms with E-state index >= 15 is 0 Å². The first-order valence-corrected chi connectivity index (χ1v) is 6.34. The summed E-state index contributed by atoms with van der Waals surface area (Å²) in [6.07, 6.45) is 0. The molecule has 0 unspecified atom stereocenters. The number of hydrogen-bond acceptors (Lipinski definition) is 4. The van der Waals surface area contributed by atoms with Crippen LogP contribution in [0.4, 0.5) is 0 Å². The SMILES string of the molecule is COc1cc(OC)c(-c2cc(C)cc(C)n2)c(OC)c1. The molecular weight excluding hydrogens is 254 g/mol. The molecule has 0 atom stereocenters. The van der Waals surface area contributed by atoms with Crippen LogP contribution in [0.15, 0.2) is 24.3 Å². The summed E-state index contributed by atoms with van der Waals surface area (Å²) >= 11 is 0. The third-order valence-electron chi connectivity index (χ3n) is 3.07. The number of nitrogens with zero attached hydrogens (tertiary/aromatic N) is 1. The fourth-order valence-electron chi connectivity index (χ4n) is 2.23. The second kappa shape index (κ2) is 5.82. The largest absolute Gasteiger partial charge is 0.496 e. The van der Waals surface area contributed by atoms with Gasteiger partial charge in [-0.05, 0) is 31.5 Å². The molecule has 0 aliphatic heterocycles. The van der Waals surface area contributed by atoms with Crippen LogP contribution in [-0.4, -0.2) is 26.3 Å². The summed E-state index contributed by atoms with van der Waals surface area (Å²) in [4.78, 5) is 4.58. The molecule has 0 aliphatic carbocycles. The van der Waals surface area contributed by atoms with E-state index in [0.29, 0.717) is 17.2 Å². The van der Waals surface area contributed by atoms with Gasteiger partial charge in [0.1, 0.15) is 17.2 Å². The van der Waals surface area contributed by atoms with Crippen molar-refractivity contribution in [2.24, 2.45) is 0 Å². The van der Waals surface area contributed by atoms with Crippen molar-refractivity contribution in [1.29, 1.82) is 0 Å². The summed E-state index contributed by atoms with van der Waals surface area (Å²) in [5.74, 6) is 2.05. The van der Waals surface area contributed by atoms with Crippen LogP contribution in [0, 0.1) is 13.8 Å². The third kappa shape index (κ3) is 2.69. The minimum atomic E-state index is 0.679. The van der Waals surface area contributed by atoms with E-state index in [1.165, 1.54) is 0 Å². The van der Waals surface area contributed by atoms with E-state index in [2.05, 4.69) is 4.98 Å². The third-order valence-corrected chi connectivity index (χ3v) is 3.07. The standard InChI is InChI=1S/C16H19NO3/c1-10-6-11(2)17-13(7-10)16-14(19-4)8-12(18-3)9-15(16)20-5/h6-9H,1-5H3. The van der Waals surface area contributed by atoms with E-state index < -0.39 is 0 Å². The first-order chi connectivity index (χ1) is 9.58. The van der Waals surface area contributed by atoms with Crippen molar-refractivity contribution in [2.75, 3.05) is 21.3 Å². The molecule has 0 fully saturated rings. The van der Waals surface area contributed by atoms with Gasteiger partial charge in [0, 0.05) is 17.8 Å². The molecule has 0 aliphatic rings. The van der Waals surface area contributed by atoms with E-state index in [9.17, 15) is 0 Å².